The van der Waals surface area contributed by atoms with E-state index in [4.69, 9.17) is 4.74 Å². The topological polar surface area (TPSA) is 51.2 Å². The van der Waals surface area contributed by atoms with E-state index in [0.29, 0.717) is 11.5 Å². The molecule has 0 unspecified atom stereocenters. The monoisotopic (exact) mass is 360 g/mol. The van der Waals surface area contributed by atoms with Gasteiger partial charge in [-0.2, -0.15) is 0 Å². The van der Waals surface area contributed by atoms with Crippen molar-refractivity contribution in [3.8, 4) is 5.75 Å². The maximum Gasteiger partial charge on any atom is 0.265 e. The van der Waals surface area contributed by atoms with Crippen molar-refractivity contribution >= 4 is 33.0 Å². The Balaban J connectivity index is 1.49. The summed E-state index contributed by atoms with van der Waals surface area (Å²) in [5.41, 5.74) is 1.66. The number of hydrogen-bond acceptors (Lipinski definition) is 4. The number of anilines is 1. The molecule has 0 fully saturated rings. The lowest BCUT2D eigenvalue weighted by Crippen LogP contribution is -2.09. The van der Waals surface area contributed by atoms with Crippen LogP contribution in [0.3, 0.4) is 0 Å². The third kappa shape index (κ3) is 3.73. The van der Waals surface area contributed by atoms with Gasteiger partial charge in [-0.25, -0.2) is 0 Å². The Kier molecular flexibility index (Phi) is 4.62. The van der Waals surface area contributed by atoms with Gasteiger partial charge in [0.25, 0.3) is 5.91 Å². The minimum absolute atomic E-state index is 0.103. The van der Waals surface area contributed by atoms with E-state index in [-0.39, 0.29) is 5.91 Å². The van der Waals surface area contributed by atoms with Crippen molar-refractivity contribution in [2.75, 3.05) is 5.32 Å². The van der Waals surface area contributed by atoms with E-state index in [9.17, 15) is 4.79 Å². The number of ether oxygens (including phenoxy) is 1. The number of carbonyl (C=O) groups is 1. The first-order chi connectivity index (χ1) is 12.8. The van der Waals surface area contributed by atoms with Gasteiger partial charge in [0.15, 0.2) is 0 Å². The van der Waals surface area contributed by atoms with E-state index in [1.165, 1.54) is 11.3 Å². The van der Waals surface area contributed by atoms with Gasteiger partial charge in [-0.3, -0.25) is 9.78 Å². The van der Waals surface area contributed by atoms with Crippen molar-refractivity contribution in [3.63, 3.8) is 0 Å². The molecule has 5 heteroatoms. The van der Waals surface area contributed by atoms with Gasteiger partial charge in [0, 0.05) is 16.6 Å². The standard InChI is InChI=1S/C21H16N2O2S/c24-21(23-16-6-2-1-3-7-16)20-13-15-12-18(9-10-19(15)26-20)25-14-17-8-4-5-11-22-17/h1-13H,14H2,(H,23,24). The summed E-state index contributed by atoms with van der Waals surface area (Å²) >= 11 is 1.47. The molecule has 26 heavy (non-hydrogen) atoms. The van der Waals surface area contributed by atoms with Gasteiger partial charge < -0.3 is 10.1 Å². The fourth-order valence-electron chi connectivity index (χ4n) is 2.58. The summed E-state index contributed by atoms with van der Waals surface area (Å²) in [6.07, 6.45) is 1.75. The molecule has 0 atom stereocenters. The number of hydrogen-bond donors (Lipinski definition) is 1. The number of carbonyl (C=O) groups excluding carboxylic acids is 1. The molecule has 0 aliphatic rings. The van der Waals surface area contributed by atoms with Crippen LogP contribution in [0.15, 0.2) is 79.0 Å². The molecule has 1 N–H and O–H groups in total. The Morgan fingerprint density at radius 3 is 2.65 bits per heavy atom. The van der Waals surface area contributed by atoms with Crippen LogP contribution in [0.5, 0.6) is 5.75 Å². The molecule has 0 aliphatic heterocycles. The van der Waals surface area contributed by atoms with Crippen LogP contribution in [0.25, 0.3) is 10.1 Å². The molecule has 2 heterocycles. The van der Waals surface area contributed by atoms with Crippen LogP contribution < -0.4 is 10.1 Å². The highest BCUT2D eigenvalue weighted by molar-refractivity contribution is 7.20. The lowest BCUT2D eigenvalue weighted by molar-refractivity contribution is 0.103. The molecule has 0 saturated carbocycles. The number of amides is 1. The van der Waals surface area contributed by atoms with Gasteiger partial charge in [0.1, 0.15) is 12.4 Å². The molecule has 0 saturated heterocycles. The Hall–Kier alpha value is -3.18. The summed E-state index contributed by atoms with van der Waals surface area (Å²) in [5.74, 6) is 0.657. The van der Waals surface area contributed by atoms with E-state index in [1.807, 2.05) is 72.8 Å². The van der Waals surface area contributed by atoms with Crippen molar-refractivity contribution in [1.29, 1.82) is 0 Å². The van der Waals surface area contributed by atoms with Gasteiger partial charge in [-0.05, 0) is 53.9 Å². The van der Waals surface area contributed by atoms with Crippen LogP contribution in [0.2, 0.25) is 0 Å². The number of thiophene rings is 1. The second-order valence-electron chi connectivity index (χ2n) is 5.74. The van der Waals surface area contributed by atoms with Crippen LogP contribution in [0.4, 0.5) is 5.69 Å². The Bertz CT molecular complexity index is 1030. The highest BCUT2D eigenvalue weighted by Gasteiger charge is 2.11. The Labute approximate surface area is 155 Å². The summed E-state index contributed by atoms with van der Waals surface area (Å²) in [5, 5.41) is 3.90. The Morgan fingerprint density at radius 1 is 1.00 bits per heavy atom. The van der Waals surface area contributed by atoms with Crippen molar-refractivity contribution in [2.24, 2.45) is 0 Å². The van der Waals surface area contributed by atoms with Gasteiger partial charge in [0.2, 0.25) is 0 Å². The number of aromatic nitrogens is 1. The van der Waals surface area contributed by atoms with E-state index < -0.39 is 0 Å². The minimum atomic E-state index is -0.103. The molecular weight excluding hydrogens is 344 g/mol. The zero-order valence-electron chi connectivity index (χ0n) is 13.9. The van der Waals surface area contributed by atoms with Gasteiger partial charge in [0.05, 0.1) is 10.6 Å². The third-order valence-electron chi connectivity index (χ3n) is 3.86. The van der Waals surface area contributed by atoms with Gasteiger partial charge in [-0.15, -0.1) is 11.3 Å². The fourth-order valence-corrected chi connectivity index (χ4v) is 3.52. The summed E-state index contributed by atoms with van der Waals surface area (Å²) in [6, 6.07) is 22.9. The maximum atomic E-state index is 12.4. The molecule has 128 valence electrons. The number of benzene rings is 2. The first-order valence-corrected chi connectivity index (χ1v) is 9.02. The van der Waals surface area contributed by atoms with E-state index in [1.54, 1.807) is 6.20 Å². The van der Waals surface area contributed by atoms with Gasteiger partial charge in [-0.1, -0.05) is 24.3 Å². The summed E-state index contributed by atoms with van der Waals surface area (Å²) in [4.78, 5) is 17.4. The summed E-state index contributed by atoms with van der Waals surface area (Å²) in [6.45, 7) is 0.415. The Morgan fingerprint density at radius 2 is 1.85 bits per heavy atom. The second-order valence-corrected chi connectivity index (χ2v) is 6.82. The molecule has 2 aromatic carbocycles. The minimum Gasteiger partial charge on any atom is -0.487 e. The van der Waals surface area contributed by atoms with Crippen molar-refractivity contribution in [2.45, 2.75) is 6.61 Å². The first-order valence-electron chi connectivity index (χ1n) is 8.21. The first kappa shape index (κ1) is 16.3. The van der Waals surface area contributed by atoms with Crippen LogP contribution in [0, 0.1) is 0 Å². The van der Waals surface area contributed by atoms with Gasteiger partial charge >= 0.3 is 0 Å². The summed E-state index contributed by atoms with van der Waals surface area (Å²) < 4.78 is 6.86. The molecule has 4 nitrogen and oxygen atoms in total. The second kappa shape index (κ2) is 7.37. The molecular formula is C21H16N2O2S. The zero-order chi connectivity index (χ0) is 17.8. The molecule has 0 spiro atoms. The van der Waals surface area contributed by atoms with E-state index in [0.717, 1.165) is 27.2 Å². The predicted octanol–water partition coefficient (Wildman–Crippen LogP) is 5.13. The van der Waals surface area contributed by atoms with Crippen molar-refractivity contribution in [1.82, 2.24) is 4.98 Å². The van der Waals surface area contributed by atoms with Crippen LogP contribution in [-0.4, -0.2) is 10.9 Å². The smallest absolute Gasteiger partial charge is 0.265 e. The lowest BCUT2D eigenvalue weighted by Gasteiger charge is -2.05. The average molecular weight is 360 g/mol. The SMILES string of the molecule is O=C(Nc1ccccc1)c1cc2cc(OCc3ccccn3)ccc2s1. The quantitative estimate of drug-likeness (QED) is 0.537. The number of nitrogens with one attached hydrogen (secondary N) is 1. The largest absolute Gasteiger partial charge is 0.487 e. The number of fused-ring (bicyclic) bond motifs is 1. The number of para-hydroxylation sites is 1. The predicted molar refractivity (Wildman–Crippen MR) is 105 cm³/mol. The highest BCUT2D eigenvalue weighted by atomic mass is 32.1. The van der Waals surface area contributed by atoms with Crippen molar-refractivity contribution < 1.29 is 9.53 Å². The number of nitrogens with zero attached hydrogens (tertiary/aromatic N) is 1. The van der Waals surface area contributed by atoms with Crippen LogP contribution in [0.1, 0.15) is 15.4 Å². The van der Waals surface area contributed by atoms with Crippen molar-refractivity contribution in [3.05, 3.63) is 89.6 Å². The fraction of sp³-hybridized carbons (Fsp3) is 0.0476. The molecule has 4 aromatic rings. The van der Waals surface area contributed by atoms with E-state index in [2.05, 4.69) is 10.3 Å². The number of pyridine rings is 1. The highest BCUT2D eigenvalue weighted by Crippen LogP contribution is 2.29. The molecule has 0 bridgehead atoms. The zero-order valence-corrected chi connectivity index (χ0v) is 14.7. The van der Waals surface area contributed by atoms with Crippen LogP contribution >= 0.6 is 11.3 Å². The molecule has 4 rings (SSSR count). The average Bonchev–Trinajstić information content (AvgIpc) is 3.11. The maximum absolute atomic E-state index is 12.4. The molecule has 0 radical (unpaired) electrons. The molecule has 1 amide bonds. The summed E-state index contributed by atoms with van der Waals surface area (Å²) in [7, 11) is 0. The molecule has 0 aliphatic carbocycles. The lowest BCUT2D eigenvalue weighted by atomic mass is 10.2. The normalized spacial score (nSPS) is 10.6. The van der Waals surface area contributed by atoms with E-state index >= 15 is 0 Å². The molecule has 2 aromatic heterocycles. The van der Waals surface area contributed by atoms with Crippen LogP contribution in [-0.2, 0) is 6.61 Å². The number of rotatable bonds is 5. The third-order valence-corrected chi connectivity index (χ3v) is 4.97.